The van der Waals surface area contributed by atoms with Gasteiger partial charge in [0.05, 0.1) is 4.90 Å². The van der Waals surface area contributed by atoms with Gasteiger partial charge in [0.25, 0.3) is 9.84 Å². The summed E-state index contributed by atoms with van der Waals surface area (Å²) in [5.41, 5.74) is -4.80. The SMILES string of the molecule is CC(C)(CCCl)CNc1ccc(S(=O)(=O)C(F)(F)F)cc1. The predicted octanol–water partition coefficient (Wildman–Crippen LogP) is 4.05. The van der Waals surface area contributed by atoms with E-state index in [4.69, 9.17) is 11.6 Å². The first-order valence-corrected chi connectivity index (χ1v) is 8.23. The minimum atomic E-state index is -5.29. The second-order valence-electron chi connectivity index (χ2n) is 5.43. The van der Waals surface area contributed by atoms with Gasteiger partial charge in [0, 0.05) is 18.1 Å². The third-order valence-electron chi connectivity index (χ3n) is 3.01. The monoisotopic (exact) mass is 343 g/mol. The van der Waals surface area contributed by atoms with Crippen LogP contribution < -0.4 is 5.32 Å². The predicted molar refractivity (Wildman–Crippen MR) is 77.3 cm³/mol. The van der Waals surface area contributed by atoms with Crippen molar-refractivity contribution < 1.29 is 21.6 Å². The largest absolute Gasteiger partial charge is 0.501 e. The Kier molecular flexibility index (Phi) is 5.55. The molecule has 0 heterocycles. The van der Waals surface area contributed by atoms with Crippen molar-refractivity contribution in [2.75, 3.05) is 17.7 Å². The molecular weight excluding hydrogens is 327 g/mol. The van der Waals surface area contributed by atoms with E-state index in [1.807, 2.05) is 13.8 Å². The number of halogens is 4. The molecule has 1 rings (SSSR count). The van der Waals surface area contributed by atoms with Crippen molar-refractivity contribution in [3.05, 3.63) is 24.3 Å². The summed E-state index contributed by atoms with van der Waals surface area (Å²) in [6.45, 7) is 4.58. The smallest absolute Gasteiger partial charge is 0.385 e. The third-order valence-corrected chi connectivity index (χ3v) is 4.70. The molecule has 8 heteroatoms. The molecule has 0 saturated heterocycles. The number of rotatable bonds is 6. The van der Waals surface area contributed by atoms with E-state index in [0.717, 1.165) is 18.6 Å². The molecule has 3 nitrogen and oxygen atoms in total. The fourth-order valence-corrected chi connectivity index (χ4v) is 2.84. The van der Waals surface area contributed by atoms with E-state index in [-0.39, 0.29) is 5.41 Å². The van der Waals surface area contributed by atoms with Crippen LogP contribution in [0.4, 0.5) is 18.9 Å². The van der Waals surface area contributed by atoms with Gasteiger partial charge in [-0.3, -0.25) is 0 Å². The minimum Gasteiger partial charge on any atom is -0.385 e. The van der Waals surface area contributed by atoms with Crippen LogP contribution in [0.3, 0.4) is 0 Å². The number of alkyl halides is 4. The average molecular weight is 344 g/mol. The van der Waals surface area contributed by atoms with Crippen molar-refractivity contribution in [2.45, 2.75) is 30.7 Å². The molecule has 1 aromatic carbocycles. The molecule has 0 aliphatic carbocycles. The Balaban J connectivity index is 2.81. The van der Waals surface area contributed by atoms with Crippen LogP contribution in [0, 0.1) is 5.41 Å². The maximum absolute atomic E-state index is 12.4. The van der Waals surface area contributed by atoms with Crippen molar-refractivity contribution in [1.82, 2.24) is 0 Å². The van der Waals surface area contributed by atoms with Gasteiger partial charge in [0.2, 0.25) is 0 Å². The van der Waals surface area contributed by atoms with Crippen LogP contribution >= 0.6 is 11.6 Å². The third kappa shape index (κ3) is 4.78. The first-order valence-electron chi connectivity index (χ1n) is 6.21. The highest BCUT2D eigenvalue weighted by atomic mass is 35.5. The van der Waals surface area contributed by atoms with Gasteiger partial charge in [-0.1, -0.05) is 13.8 Å². The minimum absolute atomic E-state index is 0.0710. The number of nitrogens with one attached hydrogen (secondary N) is 1. The zero-order valence-corrected chi connectivity index (χ0v) is 13.2. The summed E-state index contributed by atoms with van der Waals surface area (Å²) in [4.78, 5) is -0.763. The Bertz CT molecular complexity index is 568. The van der Waals surface area contributed by atoms with Crippen LogP contribution in [-0.4, -0.2) is 26.4 Å². The standard InChI is InChI=1S/C13H17ClF3NO2S/c1-12(2,7-8-14)9-18-10-3-5-11(6-4-10)21(19,20)13(15,16)17/h3-6,18H,7-9H2,1-2H3. The average Bonchev–Trinajstić information content (AvgIpc) is 2.35. The zero-order chi connectivity index (χ0) is 16.3. The number of hydrogen-bond donors (Lipinski definition) is 1. The summed E-state index contributed by atoms with van der Waals surface area (Å²) < 4.78 is 59.6. The molecule has 1 aromatic rings. The van der Waals surface area contributed by atoms with Crippen molar-refractivity contribution >= 4 is 27.1 Å². The van der Waals surface area contributed by atoms with Crippen molar-refractivity contribution in [1.29, 1.82) is 0 Å². The van der Waals surface area contributed by atoms with Gasteiger partial charge in [0.1, 0.15) is 0 Å². The van der Waals surface area contributed by atoms with E-state index >= 15 is 0 Å². The fourth-order valence-electron chi connectivity index (χ4n) is 1.57. The molecule has 0 spiro atoms. The van der Waals surface area contributed by atoms with Gasteiger partial charge < -0.3 is 5.32 Å². The number of sulfone groups is 1. The zero-order valence-electron chi connectivity index (χ0n) is 11.7. The first kappa shape index (κ1) is 18.1. The normalized spacial score (nSPS) is 13.2. The van der Waals surface area contributed by atoms with Crippen molar-refractivity contribution in [3.63, 3.8) is 0 Å². The first-order chi connectivity index (χ1) is 9.49. The maximum Gasteiger partial charge on any atom is 0.501 e. The van der Waals surface area contributed by atoms with E-state index in [9.17, 15) is 21.6 Å². The second kappa shape index (κ2) is 6.44. The van der Waals surface area contributed by atoms with Crippen LogP contribution in [0.2, 0.25) is 0 Å². The van der Waals surface area contributed by atoms with E-state index < -0.39 is 20.2 Å². The highest BCUT2D eigenvalue weighted by Crippen LogP contribution is 2.31. The van der Waals surface area contributed by atoms with Crippen LogP contribution in [0.25, 0.3) is 0 Å². The van der Waals surface area contributed by atoms with Gasteiger partial charge in [-0.15, -0.1) is 11.6 Å². The van der Waals surface area contributed by atoms with Gasteiger partial charge in [-0.05, 0) is 36.1 Å². The summed E-state index contributed by atoms with van der Waals surface area (Å²) in [6, 6.07) is 4.52. The Labute approximate surface area is 127 Å². The Morgan fingerprint density at radius 2 is 1.67 bits per heavy atom. The summed E-state index contributed by atoms with van der Waals surface area (Å²) in [7, 11) is -5.29. The number of benzene rings is 1. The van der Waals surface area contributed by atoms with Crippen molar-refractivity contribution in [3.8, 4) is 0 Å². The lowest BCUT2D eigenvalue weighted by Crippen LogP contribution is -2.24. The van der Waals surface area contributed by atoms with E-state index in [0.29, 0.717) is 18.1 Å². The molecule has 0 bridgehead atoms. The Morgan fingerprint density at radius 3 is 2.10 bits per heavy atom. The Hall–Kier alpha value is -0.950. The molecule has 21 heavy (non-hydrogen) atoms. The van der Waals surface area contributed by atoms with Gasteiger partial charge >= 0.3 is 5.51 Å². The molecule has 0 aromatic heterocycles. The molecule has 0 unspecified atom stereocenters. The Morgan fingerprint density at radius 1 is 1.14 bits per heavy atom. The summed E-state index contributed by atoms with van der Waals surface area (Å²) >= 11 is 5.68. The molecule has 120 valence electrons. The highest BCUT2D eigenvalue weighted by Gasteiger charge is 2.46. The van der Waals surface area contributed by atoms with E-state index in [1.54, 1.807) is 0 Å². The molecule has 0 aliphatic rings. The van der Waals surface area contributed by atoms with Gasteiger partial charge in [-0.25, -0.2) is 8.42 Å². The lowest BCUT2D eigenvalue weighted by atomic mass is 9.90. The molecule has 0 saturated carbocycles. The molecule has 0 amide bonds. The van der Waals surface area contributed by atoms with Gasteiger partial charge in [0.15, 0.2) is 0 Å². The van der Waals surface area contributed by atoms with Crippen LogP contribution in [-0.2, 0) is 9.84 Å². The van der Waals surface area contributed by atoms with E-state index in [2.05, 4.69) is 5.32 Å². The molecular formula is C13H17ClF3NO2S. The number of anilines is 1. The summed E-state index contributed by atoms with van der Waals surface area (Å²) in [5, 5.41) is 3.05. The quantitative estimate of drug-likeness (QED) is 0.793. The molecule has 0 fully saturated rings. The molecule has 0 radical (unpaired) electrons. The fraction of sp³-hybridized carbons (Fsp3) is 0.538. The summed E-state index contributed by atoms with van der Waals surface area (Å²) in [6.07, 6.45) is 0.780. The molecule has 1 N–H and O–H groups in total. The second-order valence-corrected chi connectivity index (χ2v) is 7.75. The van der Waals surface area contributed by atoms with Crippen LogP contribution in [0.15, 0.2) is 29.2 Å². The molecule has 0 aliphatic heterocycles. The van der Waals surface area contributed by atoms with Crippen LogP contribution in [0.1, 0.15) is 20.3 Å². The lowest BCUT2D eigenvalue weighted by molar-refractivity contribution is -0.0436. The highest BCUT2D eigenvalue weighted by molar-refractivity contribution is 7.92. The topological polar surface area (TPSA) is 46.2 Å². The summed E-state index contributed by atoms with van der Waals surface area (Å²) in [5.74, 6) is 0.511. The van der Waals surface area contributed by atoms with Crippen LogP contribution in [0.5, 0.6) is 0 Å². The van der Waals surface area contributed by atoms with Gasteiger partial charge in [-0.2, -0.15) is 13.2 Å². The van der Waals surface area contributed by atoms with E-state index in [1.165, 1.54) is 12.1 Å². The van der Waals surface area contributed by atoms with Crippen molar-refractivity contribution in [2.24, 2.45) is 5.41 Å². The maximum atomic E-state index is 12.4. The number of hydrogen-bond acceptors (Lipinski definition) is 3. The lowest BCUT2D eigenvalue weighted by Gasteiger charge is -2.24. The molecule has 0 atom stereocenters.